The normalized spacial score (nSPS) is 24.6. The molecule has 1 amide bonds. The summed E-state index contributed by atoms with van der Waals surface area (Å²) < 4.78 is 43.1. The Bertz CT molecular complexity index is 774. The molecule has 0 radical (unpaired) electrons. The summed E-state index contributed by atoms with van der Waals surface area (Å²) in [7, 11) is 0. The molecule has 0 bridgehead atoms. The minimum absolute atomic E-state index is 0.0227. The fourth-order valence-electron chi connectivity index (χ4n) is 4.30. The number of rotatable bonds is 2. The summed E-state index contributed by atoms with van der Waals surface area (Å²) in [5.74, 6) is -1.32. The van der Waals surface area contributed by atoms with Crippen LogP contribution in [-0.2, 0) is 19.1 Å². The van der Waals surface area contributed by atoms with E-state index in [1.54, 1.807) is 0 Å². The van der Waals surface area contributed by atoms with Crippen LogP contribution < -0.4 is 4.90 Å². The molecule has 1 aromatic heterocycles. The quantitative estimate of drug-likeness (QED) is 0.725. The number of aliphatic carboxylic acids is 1. The molecule has 0 aliphatic carbocycles. The number of pyridine rings is 1. The molecule has 0 aromatic carbocycles. The molecule has 8 nitrogen and oxygen atoms in total. The van der Waals surface area contributed by atoms with Crippen molar-refractivity contribution in [3.05, 3.63) is 24.4 Å². The highest BCUT2D eigenvalue weighted by molar-refractivity contribution is 5.79. The summed E-state index contributed by atoms with van der Waals surface area (Å²) in [6.45, 7) is 6.17. The maximum Gasteiger partial charge on any atom is 0.490 e. The monoisotopic (exact) mass is 459 g/mol. The molecule has 11 heteroatoms. The van der Waals surface area contributed by atoms with Crippen molar-refractivity contribution >= 4 is 17.7 Å². The SMILES string of the molecule is O=C(C1CCOCC1)N1CCOCC2(CCN(c3ccccn3)C2)C1.O=C(O)C(F)(F)F. The molecule has 3 fully saturated rings. The smallest absolute Gasteiger partial charge is 0.475 e. The fourth-order valence-corrected chi connectivity index (χ4v) is 4.30. The van der Waals surface area contributed by atoms with Gasteiger partial charge in [0.25, 0.3) is 0 Å². The van der Waals surface area contributed by atoms with Gasteiger partial charge in [-0.3, -0.25) is 4.79 Å². The molecular weight excluding hydrogens is 431 g/mol. The summed E-state index contributed by atoms with van der Waals surface area (Å²) >= 11 is 0. The molecule has 3 aliphatic heterocycles. The molecule has 0 saturated carbocycles. The van der Waals surface area contributed by atoms with E-state index in [0.29, 0.717) is 32.3 Å². The van der Waals surface area contributed by atoms with Gasteiger partial charge in [-0.2, -0.15) is 13.2 Å². The molecule has 32 heavy (non-hydrogen) atoms. The Labute approximate surface area is 184 Å². The van der Waals surface area contributed by atoms with Crippen LogP contribution >= 0.6 is 0 Å². The van der Waals surface area contributed by atoms with Gasteiger partial charge in [-0.25, -0.2) is 9.78 Å². The second-order valence-corrected chi connectivity index (χ2v) is 8.36. The predicted molar refractivity (Wildman–Crippen MR) is 108 cm³/mol. The first-order valence-corrected chi connectivity index (χ1v) is 10.6. The Hall–Kier alpha value is -2.40. The largest absolute Gasteiger partial charge is 0.490 e. The summed E-state index contributed by atoms with van der Waals surface area (Å²) in [6.07, 6.45) is -0.501. The third kappa shape index (κ3) is 6.32. The van der Waals surface area contributed by atoms with E-state index in [2.05, 4.69) is 20.9 Å². The molecule has 1 spiro atoms. The molecule has 4 rings (SSSR count). The highest BCUT2D eigenvalue weighted by atomic mass is 19.4. The molecule has 3 saturated heterocycles. The second kappa shape index (κ2) is 10.5. The van der Waals surface area contributed by atoms with Crippen LogP contribution in [-0.4, -0.2) is 85.6 Å². The number of carbonyl (C=O) groups is 2. The third-order valence-corrected chi connectivity index (χ3v) is 5.98. The lowest BCUT2D eigenvalue weighted by Gasteiger charge is -2.34. The van der Waals surface area contributed by atoms with E-state index in [9.17, 15) is 18.0 Å². The van der Waals surface area contributed by atoms with Crippen LogP contribution in [0.4, 0.5) is 19.0 Å². The number of carboxylic acid groups (broad SMARTS) is 1. The average Bonchev–Trinajstić information content (AvgIpc) is 3.08. The van der Waals surface area contributed by atoms with Gasteiger partial charge < -0.3 is 24.4 Å². The first-order valence-electron chi connectivity index (χ1n) is 10.6. The zero-order chi connectivity index (χ0) is 23.2. The van der Waals surface area contributed by atoms with Crippen molar-refractivity contribution in [2.24, 2.45) is 11.3 Å². The Kier molecular flexibility index (Phi) is 7.94. The maximum atomic E-state index is 13.0. The molecule has 3 aliphatic rings. The van der Waals surface area contributed by atoms with Gasteiger partial charge in [0.15, 0.2) is 0 Å². The highest BCUT2D eigenvalue weighted by Gasteiger charge is 2.43. The first-order chi connectivity index (χ1) is 15.2. The molecule has 178 valence electrons. The van der Waals surface area contributed by atoms with Crippen molar-refractivity contribution in [2.45, 2.75) is 25.4 Å². The van der Waals surface area contributed by atoms with Gasteiger partial charge in [0.05, 0.1) is 13.2 Å². The Morgan fingerprint density at radius 2 is 1.81 bits per heavy atom. The van der Waals surface area contributed by atoms with Crippen LogP contribution in [0.5, 0.6) is 0 Å². The van der Waals surface area contributed by atoms with E-state index in [1.807, 2.05) is 18.3 Å². The number of carboxylic acids is 1. The van der Waals surface area contributed by atoms with Crippen LogP contribution in [0.3, 0.4) is 0 Å². The molecule has 1 N–H and O–H groups in total. The first kappa shape index (κ1) is 24.2. The maximum absolute atomic E-state index is 13.0. The number of anilines is 1. The summed E-state index contributed by atoms with van der Waals surface area (Å²) in [5.41, 5.74) is 0.0227. The lowest BCUT2D eigenvalue weighted by atomic mass is 9.87. The van der Waals surface area contributed by atoms with Crippen LogP contribution in [0.1, 0.15) is 19.3 Å². The van der Waals surface area contributed by atoms with E-state index in [4.69, 9.17) is 19.4 Å². The standard InChI is InChI=1S/C19H27N3O3.C2HF3O2/c23-18(16-4-10-24-11-5-16)22-9-12-25-15-19(14-22)6-8-21(13-19)17-3-1-2-7-20-17;3-2(4,5)1(6)7/h1-3,7,16H,4-6,8-15H2;(H,6,7). The molecule has 1 unspecified atom stereocenters. The van der Waals surface area contributed by atoms with E-state index in [-0.39, 0.29) is 11.3 Å². The average molecular weight is 459 g/mol. The number of carbonyl (C=O) groups excluding carboxylic acids is 1. The van der Waals surface area contributed by atoms with Crippen LogP contribution in [0.2, 0.25) is 0 Å². The van der Waals surface area contributed by atoms with Gasteiger partial charge in [0, 0.05) is 56.9 Å². The van der Waals surface area contributed by atoms with Gasteiger partial charge >= 0.3 is 12.1 Å². The van der Waals surface area contributed by atoms with E-state index in [0.717, 1.165) is 51.3 Å². The zero-order valence-corrected chi connectivity index (χ0v) is 17.7. The van der Waals surface area contributed by atoms with Crippen LogP contribution in [0.15, 0.2) is 24.4 Å². The number of amides is 1. The molecule has 1 atom stereocenters. The highest BCUT2D eigenvalue weighted by Crippen LogP contribution is 2.36. The predicted octanol–water partition coefficient (Wildman–Crippen LogP) is 2.20. The van der Waals surface area contributed by atoms with Gasteiger partial charge in [-0.15, -0.1) is 0 Å². The van der Waals surface area contributed by atoms with Crippen molar-refractivity contribution in [3.63, 3.8) is 0 Å². The molecule has 1 aromatic rings. The second-order valence-electron chi connectivity index (χ2n) is 8.36. The van der Waals surface area contributed by atoms with Crippen molar-refractivity contribution < 1.29 is 37.3 Å². The van der Waals surface area contributed by atoms with Crippen LogP contribution in [0, 0.1) is 11.3 Å². The van der Waals surface area contributed by atoms with Gasteiger partial charge in [0.1, 0.15) is 5.82 Å². The number of ether oxygens (including phenoxy) is 2. The number of hydrogen-bond acceptors (Lipinski definition) is 6. The lowest BCUT2D eigenvalue weighted by Crippen LogP contribution is -2.46. The lowest BCUT2D eigenvalue weighted by molar-refractivity contribution is -0.192. The van der Waals surface area contributed by atoms with Crippen molar-refractivity contribution in [1.82, 2.24) is 9.88 Å². The van der Waals surface area contributed by atoms with Crippen LogP contribution in [0.25, 0.3) is 0 Å². The number of nitrogens with zero attached hydrogens (tertiary/aromatic N) is 3. The Morgan fingerprint density at radius 3 is 2.44 bits per heavy atom. The number of hydrogen-bond donors (Lipinski definition) is 1. The minimum Gasteiger partial charge on any atom is -0.475 e. The Balaban J connectivity index is 0.000000360. The topological polar surface area (TPSA) is 92.2 Å². The molecular formula is C21H28F3N3O5. The van der Waals surface area contributed by atoms with E-state index in [1.165, 1.54) is 0 Å². The summed E-state index contributed by atoms with van der Waals surface area (Å²) in [6, 6.07) is 6.03. The van der Waals surface area contributed by atoms with Gasteiger partial charge in [0.2, 0.25) is 5.91 Å². The Morgan fingerprint density at radius 1 is 1.09 bits per heavy atom. The number of aromatic nitrogens is 1. The van der Waals surface area contributed by atoms with Gasteiger partial charge in [-0.1, -0.05) is 6.07 Å². The van der Waals surface area contributed by atoms with Crippen molar-refractivity contribution in [3.8, 4) is 0 Å². The van der Waals surface area contributed by atoms with E-state index >= 15 is 0 Å². The summed E-state index contributed by atoms with van der Waals surface area (Å²) in [5, 5.41) is 7.12. The van der Waals surface area contributed by atoms with Crippen molar-refractivity contribution in [2.75, 3.05) is 57.5 Å². The third-order valence-electron chi connectivity index (χ3n) is 5.98. The summed E-state index contributed by atoms with van der Waals surface area (Å²) in [4.78, 5) is 30.7. The van der Waals surface area contributed by atoms with Crippen molar-refractivity contribution in [1.29, 1.82) is 0 Å². The fraction of sp³-hybridized carbons (Fsp3) is 0.667. The minimum atomic E-state index is -5.08. The number of halogens is 3. The van der Waals surface area contributed by atoms with E-state index < -0.39 is 12.1 Å². The zero-order valence-electron chi connectivity index (χ0n) is 17.7. The number of alkyl halides is 3. The molecule has 4 heterocycles. The van der Waals surface area contributed by atoms with Gasteiger partial charge in [-0.05, 0) is 31.4 Å².